The molecular formula is C17H13N3O. The van der Waals surface area contributed by atoms with Crippen LogP contribution in [0.1, 0.15) is 16.1 Å². The van der Waals surface area contributed by atoms with Crippen LogP contribution in [0.25, 0.3) is 16.6 Å². The van der Waals surface area contributed by atoms with E-state index in [1.807, 2.05) is 65.5 Å². The SMILES string of the molecule is O=Cc1cn(Cc2cn3ccccc3n2)c2ccccc12. The van der Waals surface area contributed by atoms with Crippen molar-refractivity contribution in [3.05, 3.63) is 72.3 Å². The minimum atomic E-state index is 0.649. The summed E-state index contributed by atoms with van der Waals surface area (Å²) in [7, 11) is 0. The first-order valence-electron chi connectivity index (χ1n) is 6.81. The zero-order valence-corrected chi connectivity index (χ0v) is 11.3. The highest BCUT2D eigenvalue weighted by atomic mass is 16.1. The molecule has 0 unspecified atom stereocenters. The molecule has 0 bridgehead atoms. The van der Waals surface area contributed by atoms with Crippen LogP contribution in [0.3, 0.4) is 0 Å². The molecule has 0 atom stereocenters. The number of carbonyl (C=O) groups is 1. The van der Waals surface area contributed by atoms with Crippen LogP contribution in [0.5, 0.6) is 0 Å². The first-order chi connectivity index (χ1) is 10.3. The molecule has 102 valence electrons. The predicted molar refractivity (Wildman–Crippen MR) is 81.6 cm³/mol. The molecule has 4 heteroatoms. The van der Waals surface area contributed by atoms with Gasteiger partial charge in [-0.2, -0.15) is 0 Å². The Balaban J connectivity index is 1.81. The fourth-order valence-electron chi connectivity index (χ4n) is 2.74. The minimum absolute atomic E-state index is 0.649. The molecule has 21 heavy (non-hydrogen) atoms. The van der Waals surface area contributed by atoms with Gasteiger partial charge in [-0.05, 0) is 18.2 Å². The van der Waals surface area contributed by atoms with Crippen LogP contribution in [0.4, 0.5) is 0 Å². The van der Waals surface area contributed by atoms with Crippen LogP contribution >= 0.6 is 0 Å². The Labute approximate surface area is 121 Å². The molecule has 1 aromatic carbocycles. The first kappa shape index (κ1) is 11.9. The van der Waals surface area contributed by atoms with E-state index in [2.05, 4.69) is 9.55 Å². The number of carbonyl (C=O) groups excluding carboxylic acids is 1. The fraction of sp³-hybridized carbons (Fsp3) is 0.0588. The van der Waals surface area contributed by atoms with Gasteiger partial charge in [0.05, 0.1) is 12.2 Å². The fourth-order valence-corrected chi connectivity index (χ4v) is 2.74. The molecule has 0 amide bonds. The Hall–Kier alpha value is -2.88. The highest BCUT2D eigenvalue weighted by Gasteiger charge is 2.09. The average molecular weight is 275 g/mol. The molecule has 0 fully saturated rings. The number of rotatable bonds is 3. The summed E-state index contributed by atoms with van der Waals surface area (Å²) in [4.78, 5) is 15.8. The van der Waals surface area contributed by atoms with E-state index in [9.17, 15) is 4.79 Å². The molecule has 0 aliphatic heterocycles. The lowest BCUT2D eigenvalue weighted by Gasteiger charge is -2.01. The van der Waals surface area contributed by atoms with Gasteiger partial charge in [-0.1, -0.05) is 24.3 Å². The summed E-state index contributed by atoms with van der Waals surface area (Å²) >= 11 is 0. The van der Waals surface area contributed by atoms with Gasteiger partial charge in [0.1, 0.15) is 5.65 Å². The summed E-state index contributed by atoms with van der Waals surface area (Å²) < 4.78 is 4.07. The standard InChI is InChI=1S/C17H13N3O/c21-12-13-9-20(16-6-2-1-5-15(13)16)11-14-10-19-8-4-3-7-17(19)18-14/h1-10,12H,11H2. The van der Waals surface area contributed by atoms with E-state index in [1.54, 1.807) is 0 Å². The van der Waals surface area contributed by atoms with Crippen LogP contribution < -0.4 is 0 Å². The van der Waals surface area contributed by atoms with E-state index in [0.717, 1.165) is 34.1 Å². The van der Waals surface area contributed by atoms with E-state index >= 15 is 0 Å². The van der Waals surface area contributed by atoms with Crippen LogP contribution in [-0.2, 0) is 6.54 Å². The maximum absolute atomic E-state index is 11.2. The molecule has 0 aliphatic carbocycles. The summed E-state index contributed by atoms with van der Waals surface area (Å²) in [5.74, 6) is 0. The Morgan fingerprint density at radius 3 is 2.76 bits per heavy atom. The molecule has 0 spiro atoms. The van der Waals surface area contributed by atoms with Gasteiger partial charge in [-0.15, -0.1) is 0 Å². The number of aldehydes is 1. The van der Waals surface area contributed by atoms with Gasteiger partial charge in [-0.25, -0.2) is 4.98 Å². The lowest BCUT2D eigenvalue weighted by molar-refractivity contribution is 0.112. The number of para-hydroxylation sites is 1. The van der Waals surface area contributed by atoms with Crippen LogP contribution in [0.2, 0.25) is 0 Å². The Morgan fingerprint density at radius 1 is 1.05 bits per heavy atom. The third-order valence-corrected chi connectivity index (χ3v) is 3.69. The molecule has 3 aromatic heterocycles. The van der Waals surface area contributed by atoms with Crippen LogP contribution in [0, 0.1) is 0 Å². The summed E-state index contributed by atoms with van der Waals surface area (Å²) in [6.07, 6.45) is 6.80. The third-order valence-electron chi connectivity index (χ3n) is 3.69. The number of nitrogens with zero attached hydrogens (tertiary/aromatic N) is 3. The highest BCUT2D eigenvalue weighted by Crippen LogP contribution is 2.21. The lowest BCUT2D eigenvalue weighted by atomic mass is 10.2. The molecule has 3 heterocycles. The molecule has 0 saturated heterocycles. The molecule has 0 radical (unpaired) electrons. The Bertz CT molecular complexity index is 916. The smallest absolute Gasteiger partial charge is 0.152 e. The van der Waals surface area contributed by atoms with Crippen molar-refractivity contribution in [2.45, 2.75) is 6.54 Å². The van der Waals surface area contributed by atoms with Gasteiger partial charge < -0.3 is 8.97 Å². The Kier molecular flexibility index (Phi) is 2.60. The van der Waals surface area contributed by atoms with E-state index in [0.29, 0.717) is 6.54 Å². The zero-order chi connectivity index (χ0) is 14.2. The maximum atomic E-state index is 11.2. The van der Waals surface area contributed by atoms with Crippen molar-refractivity contribution in [2.75, 3.05) is 0 Å². The molecular weight excluding hydrogens is 262 g/mol. The van der Waals surface area contributed by atoms with E-state index in [4.69, 9.17) is 0 Å². The van der Waals surface area contributed by atoms with Crippen molar-refractivity contribution in [1.29, 1.82) is 0 Å². The van der Waals surface area contributed by atoms with Gasteiger partial charge in [-0.3, -0.25) is 4.79 Å². The molecule has 4 aromatic rings. The number of imidazole rings is 1. The van der Waals surface area contributed by atoms with E-state index < -0.39 is 0 Å². The second kappa shape index (κ2) is 4.59. The topological polar surface area (TPSA) is 39.3 Å². The summed E-state index contributed by atoms with van der Waals surface area (Å²) in [6, 6.07) is 13.9. The number of pyridine rings is 1. The molecule has 0 N–H and O–H groups in total. The third kappa shape index (κ3) is 1.92. The summed E-state index contributed by atoms with van der Waals surface area (Å²) in [6.45, 7) is 0.649. The normalized spacial score (nSPS) is 11.2. The zero-order valence-electron chi connectivity index (χ0n) is 11.3. The van der Waals surface area contributed by atoms with Gasteiger partial charge >= 0.3 is 0 Å². The van der Waals surface area contributed by atoms with Gasteiger partial charge in [0.25, 0.3) is 0 Å². The largest absolute Gasteiger partial charge is 0.341 e. The van der Waals surface area contributed by atoms with Crippen molar-refractivity contribution in [3.8, 4) is 0 Å². The van der Waals surface area contributed by atoms with Crippen LogP contribution in [0.15, 0.2) is 61.1 Å². The van der Waals surface area contributed by atoms with Crippen molar-refractivity contribution in [3.63, 3.8) is 0 Å². The van der Waals surface area contributed by atoms with Gasteiger partial charge in [0.2, 0.25) is 0 Å². The van der Waals surface area contributed by atoms with Crippen molar-refractivity contribution in [2.24, 2.45) is 0 Å². The van der Waals surface area contributed by atoms with Crippen LogP contribution in [-0.4, -0.2) is 20.2 Å². The summed E-state index contributed by atoms with van der Waals surface area (Å²) in [5, 5.41) is 0.983. The van der Waals surface area contributed by atoms with Crippen molar-refractivity contribution >= 4 is 22.8 Å². The summed E-state index contributed by atoms with van der Waals surface area (Å²) in [5.41, 5.74) is 3.67. The number of hydrogen-bond donors (Lipinski definition) is 0. The second-order valence-corrected chi connectivity index (χ2v) is 5.05. The average Bonchev–Trinajstić information content (AvgIpc) is 3.08. The van der Waals surface area contributed by atoms with E-state index in [-0.39, 0.29) is 0 Å². The van der Waals surface area contributed by atoms with Gasteiger partial charge in [0, 0.05) is 35.1 Å². The lowest BCUT2D eigenvalue weighted by Crippen LogP contribution is -1.97. The maximum Gasteiger partial charge on any atom is 0.152 e. The monoisotopic (exact) mass is 275 g/mol. The number of benzene rings is 1. The number of hydrogen-bond acceptors (Lipinski definition) is 2. The van der Waals surface area contributed by atoms with Crippen molar-refractivity contribution < 1.29 is 4.79 Å². The quantitative estimate of drug-likeness (QED) is 0.539. The molecule has 0 aliphatic rings. The number of fused-ring (bicyclic) bond motifs is 2. The Morgan fingerprint density at radius 2 is 1.90 bits per heavy atom. The number of aromatic nitrogens is 3. The van der Waals surface area contributed by atoms with Gasteiger partial charge in [0.15, 0.2) is 6.29 Å². The predicted octanol–water partition coefficient (Wildman–Crippen LogP) is 3.15. The molecule has 0 saturated carbocycles. The van der Waals surface area contributed by atoms with E-state index in [1.165, 1.54) is 0 Å². The molecule has 4 nitrogen and oxygen atoms in total. The van der Waals surface area contributed by atoms with Crippen molar-refractivity contribution in [1.82, 2.24) is 14.0 Å². The highest BCUT2D eigenvalue weighted by molar-refractivity contribution is 5.97. The second-order valence-electron chi connectivity index (χ2n) is 5.05. The minimum Gasteiger partial charge on any atom is -0.341 e. The first-order valence-corrected chi connectivity index (χ1v) is 6.81. The molecule has 4 rings (SSSR count).